The first-order valence-electron chi connectivity index (χ1n) is 4.78. The van der Waals surface area contributed by atoms with Crippen LogP contribution in [0.4, 0.5) is 0 Å². The molecule has 2 aromatic heterocycles. The number of pyridine rings is 1. The molecule has 0 aliphatic rings. The van der Waals surface area contributed by atoms with Crippen molar-refractivity contribution in [3.8, 4) is 11.5 Å². The summed E-state index contributed by atoms with van der Waals surface area (Å²) in [4.78, 5) is 14.3. The Bertz CT molecular complexity index is 501. The molecule has 0 aromatic carbocycles. The van der Waals surface area contributed by atoms with Gasteiger partial charge in [-0.15, -0.1) is 22.0 Å². The number of carboxylic acid groups (broad SMARTS) is 1. The van der Waals surface area contributed by atoms with Gasteiger partial charge < -0.3 is 9.52 Å². The fourth-order valence-corrected chi connectivity index (χ4v) is 1.71. The van der Waals surface area contributed by atoms with E-state index in [4.69, 9.17) is 9.52 Å². The lowest BCUT2D eigenvalue weighted by atomic mass is 10.3. The molecule has 0 spiro atoms. The van der Waals surface area contributed by atoms with Crippen molar-refractivity contribution in [2.45, 2.75) is 5.75 Å². The smallest absolute Gasteiger partial charge is 0.313 e. The zero-order valence-corrected chi connectivity index (χ0v) is 9.55. The summed E-state index contributed by atoms with van der Waals surface area (Å²) in [7, 11) is 0. The van der Waals surface area contributed by atoms with Gasteiger partial charge in [-0.1, -0.05) is 0 Å². The first-order chi connectivity index (χ1) is 8.25. The Morgan fingerprint density at radius 3 is 3.06 bits per heavy atom. The van der Waals surface area contributed by atoms with Crippen molar-refractivity contribution in [2.75, 3.05) is 5.75 Å². The molecule has 0 unspecified atom stereocenters. The van der Waals surface area contributed by atoms with Crippen LogP contribution in [0.3, 0.4) is 0 Å². The third-order valence-electron chi connectivity index (χ3n) is 1.83. The number of thioether (sulfide) groups is 1. The molecule has 7 heteroatoms. The maximum absolute atomic E-state index is 10.3. The minimum atomic E-state index is -0.859. The summed E-state index contributed by atoms with van der Waals surface area (Å²) >= 11 is 1.21. The Morgan fingerprint density at radius 1 is 1.47 bits per heavy atom. The van der Waals surface area contributed by atoms with E-state index in [1.807, 2.05) is 6.07 Å². The summed E-state index contributed by atoms with van der Waals surface area (Å²) in [5, 5.41) is 16.2. The van der Waals surface area contributed by atoms with E-state index in [0.717, 1.165) is 5.56 Å². The van der Waals surface area contributed by atoms with Crippen molar-refractivity contribution < 1.29 is 14.3 Å². The van der Waals surface area contributed by atoms with E-state index in [0.29, 0.717) is 17.5 Å². The molecule has 2 heterocycles. The minimum Gasteiger partial charge on any atom is -0.481 e. The van der Waals surface area contributed by atoms with Gasteiger partial charge in [0.25, 0.3) is 0 Å². The summed E-state index contributed by atoms with van der Waals surface area (Å²) in [5.74, 6) is 0.352. The van der Waals surface area contributed by atoms with E-state index in [1.165, 1.54) is 11.8 Å². The molecule has 0 saturated heterocycles. The molecule has 0 aliphatic heterocycles. The summed E-state index contributed by atoms with van der Waals surface area (Å²) in [6.45, 7) is 0. The van der Waals surface area contributed by atoms with E-state index in [9.17, 15) is 4.79 Å². The molecular weight excluding hydrogens is 242 g/mol. The maximum Gasteiger partial charge on any atom is 0.313 e. The fourth-order valence-electron chi connectivity index (χ4n) is 1.14. The van der Waals surface area contributed by atoms with Crippen LogP contribution in [0, 0.1) is 0 Å². The fraction of sp³-hybridized carbons (Fsp3) is 0.200. The predicted octanol–water partition coefficient (Wildman–Crippen LogP) is 1.45. The number of hydrogen-bond donors (Lipinski definition) is 1. The van der Waals surface area contributed by atoms with Crippen LogP contribution in [0.5, 0.6) is 0 Å². The third-order valence-corrected chi connectivity index (χ3v) is 2.73. The summed E-state index contributed by atoms with van der Waals surface area (Å²) in [5.41, 5.74) is 0.745. The SMILES string of the molecule is O=C(O)CSCc1nnc(-c2cccnc2)o1. The molecule has 0 bridgehead atoms. The van der Waals surface area contributed by atoms with Crippen LogP contribution >= 0.6 is 11.8 Å². The Balaban J connectivity index is 1.99. The zero-order chi connectivity index (χ0) is 12.1. The van der Waals surface area contributed by atoms with Crippen molar-refractivity contribution in [1.29, 1.82) is 0 Å². The summed E-state index contributed by atoms with van der Waals surface area (Å²) < 4.78 is 5.38. The molecule has 0 fully saturated rings. The molecular formula is C10H9N3O3S. The molecule has 0 saturated carbocycles. The second-order valence-corrected chi connectivity index (χ2v) is 4.11. The predicted molar refractivity (Wildman–Crippen MR) is 61.3 cm³/mol. The number of rotatable bonds is 5. The summed E-state index contributed by atoms with van der Waals surface area (Å²) in [6.07, 6.45) is 3.28. The normalized spacial score (nSPS) is 10.4. The van der Waals surface area contributed by atoms with Crippen LogP contribution in [-0.4, -0.2) is 32.0 Å². The van der Waals surface area contributed by atoms with Crippen molar-refractivity contribution in [1.82, 2.24) is 15.2 Å². The highest BCUT2D eigenvalue weighted by atomic mass is 32.2. The van der Waals surface area contributed by atoms with Gasteiger partial charge >= 0.3 is 5.97 Å². The van der Waals surface area contributed by atoms with Crippen molar-refractivity contribution in [2.24, 2.45) is 0 Å². The molecule has 2 rings (SSSR count). The van der Waals surface area contributed by atoms with Gasteiger partial charge in [-0.25, -0.2) is 0 Å². The van der Waals surface area contributed by atoms with E-state index in [2.05, 4.69) is 15.2 Å². The average molecular weight is 251 g/mol. The van der Waals surface area contributed by atoms with Crippen LogP contribution in [0.1, 0.15) is 5.89 Å². The number of carboxylic acids is 1. The number of hydrogen-bond acceptors (Lipinski definition) is 6. The number of aliphatic carboxylic acids is 1. The summed E-state index contributed by atoms with van der Waals surface area (Å²) in [6, 6.07) is 3.59. The molecule has 88 valence electrons. The lowest BCUT2D eigenvalue weighted by Crippen LogP contribution is -1.98. The lowest BCUT2D eigenvalue weighted by Gasteiger charge is -1.93. The Hall–Kier alpha value is -1.89. The van der Waals surface area contributed by atoms with E-state index in [1.54, 1.807) is 18.5 Å². The number of carbonyl (C=O) groups is 1. The van der Waals surface area contributed by atoms with Gasteiger partial charge in [-0.2, -0.15) is 0 Å². The van der Waals surface area contributed by atoms with Crippen LogP contribution in [0.15, 0.2) is 28.9 Å². The standard InChI is InChI=1S/C10H9N3O3S/c14-9(15)6-17-5-8-12-13-10(16-8)7-2-1-3-11-4-7/h1-4H,5-6H2,(H,14,15). The van der Waals surface area contributed by atoms with Crippen LogP contribution in [-0.2, 0) is 10.5 Å². The van der Waals surface area contributed by atoms with Gasteiger partial charge in [-0.05, 0) is 12.1 Å². The van der Waals surface area contributed by atoms with Crippen LogP contribution < -0.4 is 0 Å². The molecule has 1 N–H and O–H groups in total. The van der Waals surface area contributed by atoms with Gasteiger partial charge in [0.05, 0.1) is 17.1 Å². The third kappa shape index (κ3) is 3.28. The molecule has 0 atom stereocenters. The van der Waals surface area contributed by atoms with Gasteiger partial charge in [-0.3, -0.25) is 9.78 Å². The topological polar surface area (TPSA) is 89.1 Å². The number of nitrogens with zero attached hydrogens (tertiary/aromatic N) is 3. The first-order valence-corrected chi connectivity index (χ1v) is 5.93. The first kappa shape index (κ1) is 11.6. The second-order valence-electron chi connectivity index (χ2n) is 3.13. The van der Waals surface area contributed by atoms with Gasteiger partial charge in [0.15, 0.2) is 0 Å². The minimum absolute atomic E-state index is 0.0185. The molecule has 6 nitrogen and oxygen atoms in total. The molecule has 0 amide bonds. The van der Waals surface area contributed by atoms with Crippen LogP contribution in [0.25, 0.3) is 11.5 Å². The quantitative estimate of drug-likeness (QED) is 0.860. The van der Waals surface area contributed by atoms with Gasteiger partial charge in [0.2, 0.25) is 11.8 Å². The molecule has 0 radical (unpaired) electrons. The van der Waals surface area contributed by atoms with Crippen LogP contribution in [0.2, 0.25) is 0 Å². The molecule has 2 aromatic rings. The van der Waals surface area contributed by atoms with Crippen molar-refractivity contribution >= 4 is 17.7 Å². The van der Waals surface area contributed by atoms with Gasteiger partial charge in [0.1, 0.15) is 0 Å². The van der Waals surface area contributed by atoms with Crippen molar-refractivity contribution in [3.63, 3.8) is 0 Å². The van der Waals surface area contributed by atoms with E-state index in [-0.39, 0.29) is 5.75 Å². The van der Waals surface area contributed by atoms with Gasteiger partial charge in [0, 0.05) is 12.4 Å². The highest BCUT2D eigenvalue weighted by Crippen LogP contribution is 2.18. The largest absolute Gasteiger partial charge is 0.481 e. The molecule has 17 heavy (non-hydrogen) atoms. The maximum atomic E-state index is 10.3. The average Bonchev–Trinajstić information content (AvgIpc) is 2.78. The Kier molecular flexibility index (Phi) is 3.71. The Morgan fingerprint density at radius 2 is 2.35 bits per heavy atom. The monoisotopic (exact) mass is 251 g/mol. The highest BCUT2D eigenvalue weighted by molar-refractivity contribution is 7.99. The van der Waals surface area contributed by atoms with Crippen molar-refractivity contribution in [3.05, 3.63) is 30.4 Å². The second kappa shape index (κ2) is 5.44. The van der Waals surface area contributed by atoms with E-state index < -0.39 is 5.97 Å². The number of aromatic nitrogens is 3. The zero-order valence-electron chi connectivity index (χ0n) is 8.74. The Labute approximate surface area is 101 Å². The van der Waals surface area contributed by atoms with E-state index >= 15 is 0 Å². The molecule has 0 aliphatic carbocycles. The lowest BCUT2D eigenvalue weighted by molar-refractivity contribution is -0.133. The highest BCUT2D eigenvalue weighted by Gasteiger charge is 2.08.